The van der Waals surface area contributed by atoms with Crippen LogP contribution in [0.2, 0.25) is 5.02 Å². The molecule has 0 radical (unpaired) electrons. The Morgan fingerprint density at radius 3 is 2.28 bits per heavy atom. The second kappa shape index (κ2) is 6.75. The molecule has 3 nitrogen and oxygen atoms in total. The van der Waals surface area contributed by atoms with Crippen molar-refractivity contribution in [2.24, 2.45) is 5.92 Å². The molecule has 1 N–H and O–H groups in total. The molecule has 6 heteroatoms. The van der Waals surface area contributed by atoms with Crippen molar-refractivity contribution in [2.75, 3.05) is 6.54 Å². The number of benzene rings is 1. The fourth-order valence-corrected chi connectivity index (χ4v) is 3.22. The lowest BCUT2D eigenvalue weighted by Gasteiger charge is -2.13. The van der Waals surface area contributed by atoms with Gasteiger partial charge >= 0.3 is 0 Å². The van der Waals surface area contributed by atoms with E-state index in [1.165, 1.54) is 12.1 Å². The number of rotatable bonds is 6. The van der Waals surface area contributed by atoms with Crippen LogP contribution >= 0.6 is 23.2 Å². The Morgan fingerprint density at radius 1 is 1.22 bits per heavy atom. The molecule has 1 atom stereocenters. The molecule has 0 aliphatic heterocycles. The van der Waals surface area contributed by atoms with Crippen LogP contribution in [0.3, 0.4) is 0 Å². The zero-order valence-corrected chi connectivity index (χ0v) is 12.7. The number of nitrogens with one attached hydrogen (secondary N) is 1. The second-order valence-corrected chi connectivity index (χ2v) is 7.35. The molecule has 0 heterocycles. The van der Waals surface area contributed by atoms with Crippen molar-refractivity contribution in [3.63, 3.8) is 0 Å². The van der Waals surface area contributed by atoms with E-state index in [9.17, 15) is 8.42 Å². The van der Waals surface area contributed by atoms with E-state index in [0.29, 0.717) is 10.9 Å². The van der Waals surface area contributed by atoms with Gasteiger partial charge in [-0.15, -0.1) is 11.6 Å². The van der Waals surface area contributed by atoms with E-state index < -0.39 is 10.0 Å². The van der Waals surface area contributed by atoms with E-state index in [4.69, 9.17) is 23.2 Å². The van der Waals surface area contributed by atoms with Gasteiger partial charge in [0, 0.05) is 16.9 Å². The Kier molecular flexibility index (Phi) is 5.92. The van der Waals surface area contributed by atoms with Crippen LogP contribution in [0.4, 0.5) is 0 Å². The minimum Gasteiger partial charge on any atom is -0.210 e. The Morgan fingerprint density at radius 2 is 1.78 bits per heavy atom. The number of hydrogen-bond acceptors (Lipinski definition) is 2. The summed E-state index contributed by atoms with van der Waals surface area (Å²) in [7, 11) is -3.50. The van der Waals surface area contributed by atoms with Crippen molar-refractivity contribution < 1.29 is 8.42 Å². The Bertz CT molecular complexity index is 471. The highest BCUT2D eigenvalue weighted by molar-refractivity contribution is 7.89. The maximum atomic E-state index is 11.9. The van der Waals surface area contributed by atoms with Crippen LogP contribution in [0.1, 0.15) is 20.3 Å². The summed E-state index contributed by atoms with van der Waals surface area (Å²) in [5.41, 5.74) is 0. The molecule has 0 saturated heterocycles. The molecule has 0 saturated carbocycles. The lowest BCUT2D eigenvalue weighted by Crippen LogP contribution is -2.30. The number of hydrogen-bond donors (Lipinski definition) is 1. The zero-order chi connectivity index (χ0) is 13.8. The maximum absolute atomic E-state index is 11.9. The average Bonchev–Trinajstić information content (AvgIpc) is 2.26. The number of sulfonamides is 1. The lowest BCUT2D eigenvalue weighted by atomic mass is 10.1. The van der Waals surface area contributed by atoms with E-state index >= 15 is 0 Å². The van der Waals surface area contributed by atoms with Gasteiger partial charge in [-0.05, 0) is 36.6 Å². The smallest absolute Gasteiger partial charge is 0.210 e. The van der Waals surface area contributed by atoms with E-state index in [-0.39, 0.29) is 16.8 Å². The lowest BCUT2D eigenvalue weighted by molar-refractivity contribution is 0.544. The highest BCUT2D eigenvalue weighted by Crippen LogP contribution is 2.15. The Hall–Kier alpha value is -0.290. The van der Waals surface area contributed by atoms with Gasteiger partial charge in [-0.25, -0.2) is 13.1 Å². The Balaban J connectivity index is 2.63. The van der Waals surface area contributed by atoms with Gasteiger partial charge in [0.2, 0.25) is 10.0 Å². The Labute approximate surface area is 119 Å². The van der Waals surface area contributed by atoms with Gasteiger partial charge in [0.25, 0.3) is 0 Å². The summed E-state index contributed by atoms with van der Waals surface area (Å²) in [5, 5.41) is 0.302. The fraction of sp³-hybridized carbons (Fsp3) is 0.500. The highest BCUT2D eigenvalue weighted by atomic mass is 35.5. The van der Waals surface area contributed by atoms with Gasteiger partial charge in [0.1, 0.15) is 0 Å². The zero-order valence-electron chi connectivity index (χ0n) is 10.4. The molecular formula is C12H17Cl2NO2S. The van der Waals surface area contributed by atoms with Crippen LogP contribution in [-0.4, -0.2) is 20.3 Å². The first kappa shape index (κ1) is 15.8. The molecule has 102 valence electrons. The van der Waals surface area contributed by atoms with Gasteiger partial charge in [-0.2, -0.15) is 0 Å². The monoisotopic (exact) mass is 309 g/mol. The van der Waals surface area contributed by atoms with E-state index in [2.05, 4.69) is 4.72 Å². The van der Waals surface area contributed by atoms with Crippen molar-refractivity contribution in [3.8, 4) is 0 Å². The van der Waals surface area contributed by atoms with Gasteiger partial charge in [0.15, 0.2) is 0 Å². The quantitative estimate of drug-likeness (QED) is 0.820. The highest BCUT2D eigenvalue weighted by Gasteiger charge is 2.16. The first-order valence-electron chi connectivity index (χ1n) is 5.70. The summed E-state index contributed by atoms with van der Waals surface area (Å²) < 4.78 is 26.3. The number of alkyl halides is 1. The summed E-state index contributed by atoms with van der Waals surface area (Å²) >= 11 is 11.8. The van der Waals surface area contributed by atoms with Crippen LogP contribution in [0.15, 0.2) is 29.2 Å². The standard InChI is InChI=1S/C12H17Cl2NO2S/c1-9(2)7-11(14)8-15-18(16,17)12-5-3-10(13)4-6-12/h3-6,9,11,15H,7-8H2,1-2H3. The van der Waals surface area contributed by atoms with Crippen molar-refractivity contribution in [2.45, 2.75) is 30.5 Å². The average molecular weight is 310 g/mol. The minimum absolute atomic E-state index is 0.195. The van der Waals surface area contributed by atoms with E-state index in [1.807, 2.05) is 13.8 Å². The summed E-state index contributed by atoms with van der Waals surface area (Å²) in [6.45, 7) is 4.32. The van der Waals surface area contributed by atoms with E-state index in [0.717, 1.165) is 6.42 Å². The topological polar surface area (TPSA) is 46.2 Å². The molecule has 0 amide bonds. The molecule has 0 aromatic heterocycles. The fourth-order valence-electron chi connectivity index (χ4n) is 1.49. The molecule has 0 aliphatic rings. The predicted octanol–water partition coefficient (Wildman–Crippen LogP) is 3.27. The van der Waals surface area contributed by atoms with Crippen LogP contribution in [0.5, 0.6) is 0 Å². The number of halogens is 2. The molecule has 1 rings (SSSR count). The first-order chi connectivity index (χ1) is 8.31. The first-order valence-corrected chi connectivity index (χ1v) is 8.00. The molecule has 0 aliphatic carbocycles. The van der Waals surface area contributed by atoms with Crippen LogP contribution in [0.25, 0.3) is 0 Å². The third-order valence-electron chi connectivity index (χ3n) is 2.35. The largest absolute Gasteiger partial charge is 0.240 e. The maximum Gasteiger partial charge on any atom is 0.240 e. The SMILES string of the molecule is CC(C)CC(Cl)CNS(=O)(=O)c1ccc(Cl)cc1. The van der Waals surface area contributed by atoms with Crippen LogP contribution in [-0.2, 0) is 10.0 Å². The molecule has 18 heavy (non-hydrogen) atoms. The van der Waals surface area contributed by atoms with Gasteiger partial charge in [-0.3, -0.25) is 0 Å². The second-order valence-electron chi connectivity index (χ2n) is 4.53. The van der Waals surface area contributed by atoms with Gasteiger partial charge in [-0.1, -0.05) is 25.4 Å². The third kappa shape index (κ3) is 5.14. The molecule has 0 bridgehead atoms. The van der Waals surface area contributed by atoms with Crippen LogP contribution in [0, 0.1) is 5.92 Å². The predicted molar refractivity (Wildman–Crippen MR) is 75.7 cm³/mol. The van der Waals surface area contributed by atoms with E-state index in [1.54, 1.807) is 12.1 Å². The summed E-state index contributed by atoms with van der Waals surface area (Å²) in [5.74, 6) is 0.438. The molecule has 0 fully saturated rings. The van der Waals surface area contributed by atoms with Crippen molar-refractivity contribution in [1.82, 2.24) is 4.72 Å². The molecule has 1 aromatic rings. The molecule has 1 aromatic carbocycles. The van der Waals surface area contributed by atoms with Gasteiger partial charge < -0.3 is 0 Å². The van der Waals surface area contributed by atoms with Crippen molar-refractivity contribution in [3.05, 3.63) is 29.3 Å². The van der Waals surface area contributed by atoms with Crippen molar-refractivity contribution in [1.29, 1.82) is 0 Å². The normalized spacial score (nSPS) is 13.8. The van der Waals surface area contributed by atoms with Gasteiger partial charge in [0.05, 0.1) is 4.90 Å². The summed E-state index contributed by atoms with van der Waals surface area (Å²) in [6, 6.07) is 6.03. The third-order valence-corrected chi connectivity index (χ3v) is 4.37. The summed E-state index contributed by atoms with van der Waals surface area (Å²) in [4.78, 5) is 0.195. The molecule has 0 spiro atoms. The molecular weight excluding hydrogens is 293 g/mol. The van der Waals surface area contributed by atoms with Crippen molar-refractivity contribution >= 4 is 33.2 Å². The van der Waals surface area contributed by atoms with Crippen LogP contribution < -0.4 is 4.72 Å². The minimum atomic E-state index is -3.50. The molecule has 1 unspecified atom stereocenters. The summed E-state index contributed by atoms with van der Waals surface area (Å²) in [6.07, 6.45) is 0.769.